The molecule has 1 atom stereocenters. The molecule has 0 aliphatic carbocycles. The molecule has 3 aromatic rings. The van der Waals surface area contributed by atoms with E-state index in [0.717, 1.165) is 52.8 Å². The number of nitrogens with one attached hydrogen (secondary N) is 1. The number of anilines is 1. The van der Waals surface area contributed by atoms with Crippen molar-refractivity contribution in [2.24, 2.45) is 0 Å². The van der Waals surface area contributed by atoms with Gasteiger partial charge in [0, 0.05) is 51.6 Å². The highest BCUT2D eigenvalue weighted by atomic mass is 32.1. The van der Waals surface area contributed by atoms with Crippen LogP contribution in [0.2, 0.25) is 25.7 Å². The Kier molecular flexibility index (Phi) is 6.77. The first kappa shape index (κ1) is 22.7. The minimum atomic E-state index is -1.14. The number of amides is 1. The van der Waals surface area contributed by atoms with Crippen LogP contribution in [-0.2, 0) is 11.5 Å². The number of aromatic nitrogens is 4. The Hall–Kier alpha value is -2.50. The summed E-state index contributed by atoms with van der Waals surface area (Å²) in [5.41, 5.74) is 4.34. The number of fused-ring (bicyclic) bond motifs is 1. The number of hydrogen-bond acceptors (Lipinski definition) is 7. The third kappa shape index (κ3) is 5.27. The maximum Gasteiger partial charge on any atom is 0.407 e. The normalized spacial score (nSPS) is 17.1. The van der Waals surface area contributed by atoms with Gasteiger partial charge in [0.05, 0.1) is 11.3 Å². The van der Waals surface area contributed by atoms with E-state index in [1.165, 1.54) is 16.2 Å². The highest BCUT2D eigenvalue weighted by Crippen LogP contribution is 2.36. The van der Waals surface area contributed by atoms with Crippen LogP contribution < -0.4 is 5.32 Å². The fraction of sp³-hybridized carbons (Fsp3) is 0.524. The Morgan fingerprint density at radius 3 is 2.97 bits per heavy atom. The molecular formula is C21H30N6O3SSi. The number of ether oxygens (including phenoxy) is 1. The predicted octanol–water partition coefficient (Wildman–Crippen LogP) is 4.42. The monoisotopic (exact) mass is 474 g/mol. The lowest BCUT2D eigenvalue weighted by molar-refractivity contribution is 0.0899. The van der Waals surface area contributed by atoms with Crippen LogP contribution in [0.3, 0.4) is 0 Å². The van der Waals surface area contributed by atoms with Gasteiger partial charge in [0.25, 0.3) is 0 Å². The maximum atomic E-state index is 11.5. The molecule has 32 heavy (non-hydrogen) atoms. The molecule has 0 spiro atoms. The number of rotatable bonds is 8. The van der Waals surface area contributed by atoms with Gasteiger partial charge in [-0.2, -0.15) is 0 Å². The van der Waals surface area contributed by atoms with Crippen molar-refractivity contribution in [2.45, 2.75) is 51.3 Å². The number of piperidine rings is 1. The first-order chi connectivity index (χ1) is 15.3. The van der Waals surface area contributed by atoms with E-state index in [0.29, 0.717) is 19.8 Å². The van der Waals surface area contributed by atoms with Crippen molar-refractivity contribution in [3.8, 4) is 10.6 Å². The Labute approximate surface area is 192 Å². The zero-order valence-electron chi connectivity index (χ0n) is 18.7. The van der Waals surface area contributed by atoms with Crippen LogP contribution in [0.4, 0.5) is 10.5 Å². The summed E-state index contributed by atoms with van der Waals surface area (Å²) in [5, 5.41) is 23.0. The second-order valence-corrected chi connectivity index (χ2v) is 15.8. The van der Waals surface area contributed by atoms with E-state index >= 15 is 0 Å². The molecule has 1 unspecified atom stereocenters. The van der Waals surface area contributed by atoms with E-state index in [4.69, 9.17) is 9.72 Å². The highest BCUT2D eigenvalue weighted by Gasteiger charge is 2.25. The Morgan fingerprint density at radius 2 is 2.25 bits per heavy atom. The van der Waals surface area contributed by atoms with Crippen LogP contribution in [0.1, 0.15) is 12.8 Å². The molecular weight excluding hydrogens is 444 g/mol. The lowest BCUT2D eigenvalue weighted by Gasteiger charge is -2.32. The van der Waals surface area contributed by atoms with Crippen molar-refractivity contribution in [3.05, 3.63) is 24.0 Å². The quantitative estimate of drug-likeness (QED) is 0.368. The van der Waals surface area contributed by atoms with Crippen molar-refractivity contribution >= 4 is 42.2 Å². The zero-order valence-corrected chi connectivity index (χ0v) is 20.6. The van der Waals surface area contributed by atoms with Gasteiger partial charge < -0.3 is 24.6 Å². The van der Waals surface area contributed by atoms with Crippen molar-refractivity contribution in [1.29, 1.82) is 0 Å². The van der Waals surface area contributed by atoms with Crippen molar-refractivity contribution in [1.82, 2.24) is 24.6 Å². The zero-order chi connectivity index (χ0) is 22.7. The third-order valence-electron chi connectivity index (χ3n) is 5.65. The van der Waals surface area contributed by atoms with E-state index in [9.17, 15) is 9.90 Å². The van der Waals surface area contributed by atoms with Gasteiger partial charge in [0.1, 0.15) is 17.9 Å². The van der Waals surface area contributed by atoms with Crippen LogP contribution in [0, 0.1) is 0 Å². The molecule has 4 rings (SSSR count). The van der Waals surface area contributed by atoms with Crippen LogP contribution in [0.25, 0.3) is 21.6 Å². The molecule has 0 aromatic carbocycles. The molecule has 3 aromatic heterocycles. The first-order valence-electron chi connectivity index (χ1n) is 10.9. The second-order valence-electron chi connectivity index (χ2n) is 9.37. The predicted molar refractivity (Wildman–Crippen MR) is 129 cm³/mol. The van der Waals surface area contributed by atoms with Gasteiger partial charge in [-0.15, -0.1) is 10.2 Å². The molecule has 4 heterocycles. The van der Waals surface area contributed by atoms with E-state index in [1.54, 1.807) is 5.51 Å². The summed E-state index contributed by atoms with van der Waals surface area (Å²) >= 11 is 1.46. The molecule has 0 radical (unpaired) electrons. The molecule has 0 bridgehead atoms. The van der Waals surface area contributed by atoms with Crippen LogP contribution in [0.15, 0.2) is 24.0 Å². The van der Waals surface area contributed by atoms with E-state index in [1.807, 2.05) is 23.0 Å². The molecule has 172 valence electrons. The maximum absolute atomic E-state index is 11.5. The largest absolute Gasteiger partial charge is 0.465 e. The fourth-order valence-electron chi connectivity index (χ4n) is 3.86. The van der Waals surface area contributed by atoms with Gasteiger partial charge in [0.2, 0.25) is 0 Å². The summed E-state index contributed by atoms with van der Waals surface area (Å²) in [7, 11) is -1.14. The van der Waals surface area contributed by atoms with Crippen LogP contribution in [-0.4, -0.2) is 69.7 Å². The molecule has 1 aliphatic heterocycles. The van der Waals surface area contributed by atoms with Crippen molar-refractivity contribution in [3.63, 3.8) is 0 Å². The van der Waals surface area contributed by atoms with Gasteiger partial charge in [-0.25, -0.2) is 9.78 Å². The standard InChI is InChI=1S/C21H30N6O3SSi/c1-32(2,3)10-9-30-14-27-8-6-16-18(24-15-5-4-7-26(12-15)21(28)29)17(11-22-19(16)27)20-25-23-13-31-20/h6,8,11,13,15H,4-5,7,9-10,12,14H2,1-3H3,(H,22,24)(H,28,29). The van der Waals surface area contributed by atoms with Gasteiger partial charge in [-0.05, 0) is 25.0 Å². The van der Waals surface area contributed by atoms with Crippen molar-refractivity contribution in [2.75, 3.05) is 25.0 Å². The van der Waals surface area contributed by atoms with Gasteiger partial charge >= 0.3 is 6.09 Å². The average Bonchev–Trinajstić information content (AvgIpc) is 3.41. The SMILES string of the molecule is C[Si](C)(C)CCOCn1ccc2c(NC3CCCN(C(=O)O)C3)c(-c3nncs3)cnc21. The molecule has 1 aliphatic rings. The minimum Gasteiger partial charge on any atom is -0.465 e. The molecule has 11 heteroatoms. The summed E-state index contributed by atoms with van der Waals surface area (Å²) in [6, 6.07) is 3.18. The second kappa shape index (κ2) is 9.55. The summed E-state index contributed by atoms with van der Waals surface area (Å²) < 4.78 is 7.95. The Morgan fingerprint density at radius 1 is 1.41 bits per heavy atom. The van der Waals surface area contributed by atoms with Gasteiger partial charge in [0.15, 0.2) is 5.01 Å². The summed E-state index contributed by atoms with van der Waals surface area (Å²) in [4.78, 5) is 17.6. The van der Waals surface area contributed by atoms with Gasteiger partial charge in [-0.3, -0.25) is 0 Å². The smallest absolute Gasteiger partial charge is 0.407 e. The first-order valence-corrected chi connectivity index (χ1v) is 15.5. The molecule has 1 fully saturated rings. The highest BCUT2D eigenvalue weighted by molar-refractivity contribution is 7.12. The molecule has 2 N–H and O–H groups in total. The molecule has 0 saturated carbocycles. The number of pyridine rings is 1. The minimum absolute atomic E-state index is 0.0217. The number of carboxylic acid groups (broad SMARTS) is 1. The van der Waals surface area contributed by atoms with E-state index in [-0.39, 0.29) is 6.04 Å². The topological polar surface area (TPSA) is 105 Å². The Bertz CT molecular complexity index is 1070. The third-order valence-corrected chi connectivity index (χ3v) is 8.07. The number of nitrogens with zero attached hydrogens (tertiary/aromatic N) is 5. The van der Waals surface area contributed by atoms with Crippen molar-refractivity contribution < 1.29 is 14.6 Å². The van der Waals surface area contributed by atoms with Gasteiger partial charge in [-0.1, -0.05) is 31.0 Å². The lowest BCUT2D eigenvalue weighted by atomic mass is 10.0. The molecule has 9 nitrogen and oxygen atoms in total. The molecule has 1 saturated heterocycles. The number of likely N-dealkylation sites (tertiary alicyclic amines) is 1. The summed E-state index contributed by atoms with van der Waals surface area (Å²) in [5.74, 6) is 0. The summed E-state index contributed by atoms with van der Waals surface area (Å²) in [6.07, 6.45) is 4.68. The van der Waals surface area contributed by atoms with E-state index < -0.39 is 14.2 Å². The Balaban J connectivity index is 1.60. The fourth-order valence-corrected chi connectivity index (χ4v) is 5.19. The number of hydrogen-bond donors (Lipinski definition) is 2. The summed E-state index contributed by atoms with van der Waals surface area (Å²) in [6.45, 7) is 9.25. The average molecular weight is 475 g/mol. The molecule has 1 amide bonds. The van der Waals surface area contributed by atoms with Crippen LogP contribution >= 0.6 is 11.3 Å². The lowest BCUT2D eigenvalue weighted by Crippen LogP contribution is -2.44. The van der Waals surface area contributed by atoms with E-state index in [2.05, 4.69) is 35.2 Å². The van der Waals surface area contributed by atoms with Crippen LogP contribution in [0.5, 0.6) is 0 Å². The number of carbonyl (C=O) groups is 1.